The number of hydrogen-bond donors (Lipinski definition) is 0. The molecule has 0 saturated carbocycles. The zero-order valence-electron chi connectivity index (χ0n) is 11.5. The van der Waals surface area contributed by atoms with Crippen molar-refractivity contribution in [2.75, 3.05) is 6.61 Å². The third-order valence-corrected chi connectivity index (χ3v) is 4.19. The lowest BCUT2D eigenvalue weighted by Crippen LogP contribution is -2.25. The van der Waals surface area contributed by atoms with E-state index in [0.717, 1.165) is 47.9 Å². The molecule has 1 aliphatic heterocycles. The lowest BCUT2D eigenvalue weighted by Gasteiger charge is -2.24. The first kappa shape index (κ1) is 14.2. The molecule has 1 aliphatic rings. The monoisotopic (exact) mass is 312 g/mol. The van der Waals surface area contributed by atoms with E-state index in [1.807, 2.05) is 25.1 Å². The van der Waals surface area contributed by atoms with Crippen molar-refractivity contribution in [3.05, 3.63) is 29.0 Å². The van der Waals surface area contributed by atoms with E-state index in [4.69, 9.17) is 27.9 Å². The van der Waals surface area contributed by atoms with Crippen LogP contribution in [0.5, 0.6) is 0 Å². The van der Waals surface area contributed by atoms with Crippen LogP contribution in [-0.2, 0) is 11.3 Å². The molecule has 2 aromatic rings. The summed E-state index contributed by atoms with van der Waals surface area (Å²) in [6.07, 6.45) is 3.72. The number of fused-ring (bicyclic) bond motifs is 1. The Hall–Kier alpha value is -0.770. The zero-order chi connectivity index (χ0) is 14.1. The number of nitrogens with zero attached hydrogens (tertiary/aromatic N) is 2. The summed E-state index contributed by atoms with van der Waals surface area (Å²) in [6, 6.07) is 5.76. The summed E-state index contributed by atoms with van der Waals surface area (Å²) in [4.78, 5) is 4.64. The average Bonchev–Trinajstić information content (AvgIpc) is 2.78. The lowest BCUT2D eigenvalue weighted by atomic mass is 10.1. The highest BCUT2D eigenvalue weighted by Crippen LogP contribution is 2.28. The van der Waals surface area contributed by atoms with E-state index in [0.29, 0.717) is 0 Å². The fourth-order valence-corrected chi connectivity index (χ4v) is 3.10. The van der Waals surface area contributed by atoms with Crippen molar-refractivity contribution >= 4 is 34.2 Å². The first-order valence-electron chi connectivity index (χ1n) is 7.06. The Bertz CT molecular complexity index is 603. The van der Waals surface area contributed by atoms with Crippen LogP contribution in [0.4, 0.5) is 0 Å². The Morgan fingerprint density at radius 1 is 1.45 bits per heavy atom. The minimum absolute atomic E-state index is 0.134. The second-order valence-electron chi connectivity index (χ2n) is 5.32. The molecule has 0 radical (unpaired) electrons. The second-order valence-corrected chi connectivity index (χ2v) is 6.41. The second kappa shape index (κ2) is 5.92. The molecule has 2 unspecified atom stereocenters. The number of hydrogen-bond acceptors (Lipinski definition) is 2. The summed E-state index contributed by atoms with van der Waals surface area (Å²) in [5, 5.41) is 0.585. The highest BCUT2D eigenvalue weighted by molar-refractivity contribution is 6.31. The molecule has 5 heteroatoms. The van der Waals surface area contributed by atoms with Crippen molar-refractivity contribution in [3.63, 3.8) is 0 Å². The zero-order valence-corrected chi connectivity index (χ0v) is 13.0. The van der Waals surface area contributed by atoms with E-state index in [9.17, 15) is 0 Å². The third kappa shape index (κ3) is 2.80. The van der Waals surface area contributed by atoms with E-state index >= 15 is 0 Å². The fraction of sp³-hybridized carbons (Fsp3) is 0.533. The highest BCUT2D eigenvalue weighted by atomic mass is 35.5. The van der Waals surface area contributed by atoms with Crippen molar-refractivity contribution in [2.45, 2.75) is 44.2 Å². The van der Waals surface area contributed by atoms with Crippen molar-refractivity contribution in [3.8, 4) is 0 Å². The van der Waals surface area contributed by atoms with E-state index in [-0.39, 0.29) is 11.5 Å². The molecule has 0 spiro atoms. The summed E-state index contributed by atoms with van der Waals surface area (Å²) in [5.41, 5.74) is 1.97. The van der Waals surface area contributed by atoms with Crippen molar-refractivity contribution < 1.29 is 4.74 Å². The Morgan fingerprint density at radius 3 is 3.00 bits per heavy atom. The van der Waals surface area contributed by atoms with E-state index < -0.39 is 0 Å². The normalized spacial score (nSPS) is 21.2. The topological polar surface area (TPSA) is 27.1 Å². The predicted octanol–water partition coefficient (Wildman–Crippen LogP) is 4.56. The number of aromatic nitrogens is 2. The Morgan fingerprint density at radius 2 is 2.30 bits per heavy atom. The quantitative estimate of drug-likeness (QED) is 0.777. The molecule has 0 amide bonds. The predicted molar refractivity (Wildman–Crippen MR) is 82.6 cm³/mol. The van der Waals surface area contributed by atoms with Gasteiger partial charge in [0.1, 0.15) is 5.82 Å². The van der Waals surface area contributed by atoms with Gasteiger partial charge in [0, 0.05) is 11.6 Å². The number of benzene rings is 1. The average molecular weight is 313 g/mol. The molecular formula is C15H18Cl2N2O. The fourth-order valence-electron chi connectivity index (χ4n) is 2.77. The maximum absolute atomic E-state index is 6.28. The van der Waals surface area contributed by atoms with Gasteiger partial charge in [0.2, 0.25) is 0 Å². The lowest BCUT2D eigenvalue weighted by molar-refractivity contribution is 0.00619. The van der Waals surface area contributed by atoms with Gasteiger partial charge in [0.25, 0.3) is 0 Å². The number of imidazole rings is 1. The molecule has 1 saturated heterocycles. The Balaban J connectivity index is 2.01. The minimum Gasteiger partial charge on any atom is -0.376 e. The summed E-state index contributed by atoms with van der Waals surface area (Å²) in [7, 11) is 0. The maximum Gasteiger partial charge on any atom is 0.127 e. The standard InChI is InChI=1S/C15H18Cl2N2O/c1-10(16)15-18-13-6-5-11(17)8-14(13)19(15)9-12-4-2-3-7-20-12/h5-6,8,10,12H,2-4,7,9H2,1H3. The van der Waals surface area contributed by atoms with Crippen molar-refractivity contribution in [1.82, 2.24) is 9.55 Å². The SMILES string of the molecule is CC(Cl)c1nc2ccc(Cl)cc2n1CC1CCCCO1. The van der Waals surface area contributed by atoms with Crippen LogP contribution in [-0.4, -0.2) is 22.3 Å². The molecule has 1 aromatic heterocycles. The van der Waals surface area contributed by atoms with Crippen LogP contribution in [0.2, 0.25) is 5.02 Å². The van der Waals surface area contributed by atoms with Gasteiger partial charge < -0.3 is 9.30 Å². The molecule has 0 bridgehead atoms. The van der Waals surface area contributed by atoms with Crippen LogP contribution in [0.1, 0.15) is 37.4 Å². The van der Waals surface area contributed by atoms with Gasteiger partial charge in [0.15, 0.2) is 0 Å². The van der Waals surface area contributed by atoms with E-state index in [1.54, 1.807) is 0 Å². The van der Waals surface area contributed by atoms with Crippen LogP contribution in [0.25, 0.3) is 11.0 Å². The molecular weight excluding hydrogens is 295 g/mol. The highest BCUT2D eigenvalue weighted by Gasteiger charge is 2.20. The Labute approximate surface area is 128 Å². The molecule has 0 N–H and O–H groups in total. The molecule has 2 atom stereocenters. The summed E-state index contributed by atoms with van der Waals surface area (Å²) < 4.78 is 8.00. The first-order chi connectivity index (χ1) is 9.65. The molecule has 108 valence electrons. The summed E-state index contributed by atoms with van der Waals surface area (Å²) in [5.74, 6) is 0.887. The largest absolute Gasteiger partial charge is 0.376 e. The van der Waals surface area contributed by atoms with Gasteiger partial charge in [0.05, 0.1) is 29.1 Å². The van der Waals surface area contributed by atoms with Crippen LogP contribution in [0.3, 0.4) is 0 Å². The van der Waals surface area contributed by atoms with E-state index in [2.05, 4.69) is 9.55 Å². The summed E-state index contributed by atoms with van der Waals surface area (Å²) in [6.45, 7) is 3.59. The smallest absolute Gasteiger partial charge is 0.127 e. The number of ether oxygens (including phenoxy) is 1. The van der Waals surface area contributed by atoms with Crippen LogP contribution in [0, 0.1) is 0 Å². The molecule has 0 aliphatic carbocycles. The van der Waals surface area contributed by atoms with Gasteiger partial charge in [-0.1, -0.05) is 11.6 Å². The molecule has 3 rings (SSSR count). The van der Waals surface area contributed by atoms with Crippen LogP contribution in [0.15, 0.2) is 18.2 Å². The van der Waals surface area contributed by atoms with Gasteiger partial charge in [-0.3, -0.25) is 0 Å². The van der Waals surface area contributed by atoms with Crippen molar-refractivity contribution in [1.29, 1.82) is 0 Å². The van der Waals surface area contributed by atoms with Gasteiger partial charge in [-0.05, 0) is 44.4 Å². The molecule has 1 fully saturated rings. The van der Waals surface area contributed by atoms with Gasteiger partial charge >= 0.3 is 0 Å². The number of halogens is 2. The van der Waals surface area contributed by atoms with Crippen molar-refractivity contribution in [2.24, 2.45) is 0 Å². The molecule has 20 heavy (non-hydrogen) atoms. The molecule has 2 heterocycles. The van der Waals surface area contributed by atoms with Crippen LogP contribution >= 0.6 is 23.2 Å². The maximum atomic E-state index is 6.28. The van der Waals surface area contributed by atoms with E-state index in [1.165, 1.54) is 6.42 Å². The van der Waals surface area contributed by atoms with Gasteiger partial charge in [-0.15, -0.1) is 11.6 Å². The minimum atomic E-state index is -0.134. The third-order valence-electron chi connectivity index (χ3n) is 3.76. The number of alkyl halides is 1. The molecule has 3 nitrogen and oxygen atoms in total. The van der Waals surface area contributed by atoms with Gasteiger partial charge in [-0.2, -0.15) is 0 Å². The summed E-state index contributed by atoms with van der Waals surface area (Å²) >= 11 is 12.4. The Kier molecular flexibility index (Phi) is 4.20. The molecule has 1 aromatic carbocycles. The number of rotatable bonds is 3. The van der Waals surface area contributed by atoms with Crippen LogP contribution < -0.4 is 0 Å². The first-order valence-corrected chi connectivity index (χ1v) is 7.88. The van der Waals surface area contributed by atoms with Gasteiger partial charge in [-0.25, -0.2) is 4.98 Å².